The molecule has 2 aliphatic rings. The minimum absolute atomic E-state index is 0.0557. The van der Waals surface area contributed by atoms with E-state index in [-0.39, 0.29) is 11.9 Å². The molecule has 1 aromatic carbocycles. The van der Waals surface area contributed by atoms with Gasteiger partial charge in [-0.3, -0.25) is 4.79 Å². The number of fused-ring (bicyclic) bond motifs is 2. The molecule has 126 valence electrons. The lowest BCUT2D eigenvalue weighted by Crippen LogP contribution is -2.44. The van der Waals surface area contributed by atoms with Crippen LogP contribution in [0.25, 0.3) is 10.9 Å². The molecule has 1 aliphatic carbocycles. The normalized spacial score (nSPS) is 18.0. The van der Waals surface area contributed by atoms with Crippen molar-refractivity contribution in [3.63, 3.8) is 0 Å². The maximum absolute atomic E-state index is 11.2. The minimum Gasteiger partial charge on any atom is -0.353 e. The Balaban J connectivity index is 1.59. The fourth-order valence-electron chi connectivity index (χ4n) is 3.99. The second kappa shape index (κ2) is 6.04. The maximum atomic E-state index is 11.2. The van der Waals surface area contributed by atoms with Gasteiger partial charge in [-0.2, -0.15) is 0 Å². The second-order valence-corrected chi connectivity index (χ2v) is 7.06. The van der Waals surface area contributed by atoms with Gasteiger partial charge in [0.25, 0.3) is 0 Å². The predicted molar refractivity (Wildman–Crippen MR) is 95.4 cm³/mol. The summed E-state index contributed by atoms with van der Waals surface area (Å²) < 4.78 is 0. The van der Waals surface area contributed by atoms with E-state index in [1.54, 1.807) is 6.92 Å². The topological polar surface area (TPSA) is 58.1 Å². The average Bonchev–Trinajstić information content (AvgIpc) is 3.00. The quantitative estimate of drug-likeness (QED) is 0.922. The van der Waals surface area contributed by atoms with Crippen molar-refractivity contribution in [2.24, 2.45) is 0 Å². The van der Waals surface area contributed by atoms with E-state index in [4.69, 9.17) is 9.97 Å². The van der Waals surface area contributed by atoms with Crippen molar-refractivity contribution in [3.8, 4) is 0 Å². The van der Waals surface area contributed by atoms with E-state index < -0.39 is 0 Å². The average molecular weight is 324 g/mol. The summed E-state index contributed by atoms with van der Waals surface area (Å²) in [6.07, 6.45) is 5.50. The van der Waals surface area contributed by atoms with Crippen molar-refractivity contribution in [1.29, 1.82) is 0 Å². The van der Waals surface area contributed by atoms with Gasteiger partial charge in [0.05, 0.1) is 11.2 Å². The van der Waals surface area contributed by atoms with Crippen molar-refractivity contribution in [2.45, 2.75) is 52.0 Å². The minimum atomic E-state index is 0.0557. The lowest BCUT2D eigenvalue weighted by molar-refractivity contribution is -0.119. The maximum Gasteiger partial charge on any atom is 0.226 e. The number of piperidine rings is 1. The Hall–Kier alpha value is -2.17. The van der Waals surface area contributed by atoms with Gasteiger partial charge in [-0.1, -0.05) is 0 Å². The van der Waals surface area contributed by atoms with Crippen LogP contribution in [0.2, 0.25) is 0 Å². The van der Waals surface area contributed by atoms with Crippen LogP contribution in [-0.2, 0) is 17.6 Å². The second-order valence-electron chi connectivity index (χ2n) is 7.06. The molecule has 1 fully saturated rings. The number of nitrogens with one attached hydrogen (secondary N) is 1. The van der Waals surface area contributed by atoms with Crippen molar-refractivity contribution >= 4 is 22.8 Å². The molecule has 24 heavy (non-hydrogen) atoms. The Morgan fingerprint density at radius 3 is 2.58 bits per heavy atom. The molecule has 2 heterocycles. The van der Waals surface area contributed by atoms with Crippen molar-refractivity contribution < 1.29 is 4.79 Å². The lowest BCUT2D eigenvalue weighted by Gasteiger charge is -2.32. The fourth-order valence-corrected chi connectivity index (χ4v) is 3.99. The largest absolute Gasteiger partial charge is 0.353 e. The standard InChI is InChI=1S/C19H24N4O/c1-12-17-10-14-4-3-5-15(14)11-18(17)22-19(20-12)23-8-6-16(7-9-23)21-13(2)24/h10-11,16H,3-9H2,1-2H3,(H,21,24). The van der Waals surface area contributed by atoms with E-state index in [9.17, 15) is 4.79 Å². The number of carbonyl (C=O) groups is 1. The lowest BCUT2D eigenvalue weighted by atomic mass is 10.0. The summed E-state index contributed by atoms with van der Waals surface area (Å²) in [5.74, 6) is 0.888. The van der Waals surface area contributed by atoms with Gasteiger partial charge >= 0.3 is 0 Å². The first kappa shape index (κ1) is 15.4. The van der Waals surface area contributed by atoms with E-state index in [2.05, 4.69) is 29.3 Å². The van der Waals surface area contributed by atoms with E-state index in [0.717, 1.165) is 43.1 Å². The van der Waals surface area contributed by atoms with Crippen LogP contribution in [0.1, 0.15) is 43.0 Å². The number of amides is 1. The van der Waals surface area contributed by atoms with Gasteiger partial charge < -0.3 is 10.2 Å². The number of hydrogen-bond acceptors (Lipinski definition) is 4. The highest BCUT2D eigenvalue weighted by atomic mass is 16.1. The third-order valence-corrected chi connectivity index (χ3v) is 5.27. The smallest absolute Gasteiger partial charge is 0.226 e. The molecule has 1 saturated heterocycles. The van der Waals surface area contributed by atoms with Crippen LogP contribution in [0, 0.1) is 6.92 Å². The fraction of sp³-hybridized carbons (Fsp3) is 0.526. The van der Waals surface area contributed by atoms with E-state index in [1.807, 2.05) is 0 Å². The number of aryl methyl sites for hydroxylation is 3. The van der Waals surface area contributed by atoms with Crippen molar-refractivity contribution in [1.82, 2.24) is 15.3 Å². The number of carbonyl (C=O) groups excluding carboxylic acids is 1. The van der Waals surface area contributed by atoms with Crippen LogP contribution in [0.4, 0.5) is 5.95 Å². The molecular weight excluding hydrogens is 300 g/mol. The molecule has 5 nitrogen and oxygen atoms in total. The first-order chi connectivity index (χ1) is 11.6. The summed E-state index contributed by atoms with van der Waals surface area (Å²) in [7, 11) is 0. The first-order valence-corrected chi connectivity index (χ1v) is 8.92. The molecule has 2 aromatic rings. The molecule has 0 spiro atoms. The molecule has 0 bridgehead atoms. The monoisotopic (exact) mass is 324 g/mol. The zero-order chi connectivity index (χ0) is 16.7. The Bertz CT molecular complexity index is 794. The Kier molecular flexibility index (Phi) is 3.87. The van der Waals surface area contributed by atoms with E-state index in [1.165, 1.54) is 35.8 Å². The summed E-state index contributed by atoms with van der Waals surface area (Å²) in [5, 5.41) is 4.20. The predicted octanol–water partition coefficient (Wildman–Crippen LogP) is 2.53. The van der Waals surface area contributed by atoms with Gasteiger partial charge in [-0.15, -0.1) is 0 Å². The molecule has 1 aliphatic heterocycles. The van der Waals surface area contributed by atoms with Gasteiger partial charge in [0.1, 0.15) is 0 Å². The molecular formula is C19H24N4O. The number of aromatic nitrogens is 2. The van der Waals surface area contributed by atoms with Crippen LogP contribution in [0.5, 0.6) is 0 Å². The summed E-state index contributed by atoms with van der Waals surface area (Å²) in [6.45, 7) is 5.45. The molecule has 1 amide bonds. The van der Waals surface area contributed by atoms with Crippen LogP contribution < -0.4 is 10.2 Å². The molecule has 4 rings (SSSR count). The Labute approximate surface area is 142 Å². The van der Waals surface area contributed by atoms with E-state index >= 15 is 0 Å². The third-order valence-electron chi connectivity index (χ3n) is 5.27. The molecule has 0 atom stereocenters. The van der Waals surface area contributed by atoms with Gasteiger partial charge in [-0.05, 0) is 62.3 Å². The number of benzene rings is 1. The van der Waals surface area contributed by atoms with Gasteiger partial charge in [-0.25, -0.2) is 9.97 Å². The molecule has 0 unspecified atom stereocenters. The van der Waals surface area contributed by atoms with Gasteiger partial charge in [0.15, 0.2) is 0 Å². The van der Waals surface area contributed by atoms with Crippen molar-refractivity contribution in [2.75, 3.05) is 18.0 Å². The highest BCUT2D eigenvalue weighted by Gasteiger charge is 2.22. The number of anilines is 1. The first-order valence-electron chi connectivity index (χ1n) is 8.92. The number of nitrogens with zero attached hydrogens (tertiary/aromatic N) is 3. The molecule has 0 saturated carbocycles. The molecule has 5 heteroatoms. The summed E-state index contributed by atoms with van der Waals surface area (Å²) in [6, 6.07) is 4.84. The SMILES string of the molecule is CC(=O)NC1CCN(c2nc(C)c3cc4c(cc3n2)CCC4)CC1. The number of rotatable bonds is 2. The zero-order valence-corrected chi connectivity index (χ0v) is 14.4. The summed E-state index contributed by atoms with van der Waals surface area (Å²) in [5.41, 5.74) is 5.06. The number of hydrogen-bond donors (Lipinski definition) is 1. The van der Waals surface area contributed by atoms with Crippen LogP contribution in [-0.4, -0.2) is 35.0 Å². The Morgan fingerprint density at radius 1 is 1.17 bits per heavy atom. The zero-order valence-electron chi connectivity index (χ0n) is 14.4. The van der Waals surface area contributed by atoms with Gasteiger partial charge in [0, 0.05) is 31.4 Å². The molecule has 0 radical (unpaired) electrons. The van der Waals surface area contributed by atoms with Crippen molar-refractivity contribution in [3.05, 3.63) is 29.0 Å². The third kappa shape index (κ3) is 2.83. The Morgan fingerprint density at radius 2 is 1.88 bits per heavy atom. The van der Waals surface area contributed by atoms with Gasteiger partial charge in [0.2, 0.25) is 11.9 Å². The highest BCUT2D eigenvalue weighted by molar-refractivity contribution is 5.84. The summed E-state index contributed by atoms with van der Waals surface area (Å²) >= 11 is 0. The van der Waals surface area contributed by atoms with E-state index in [0.29, 0.717) is 0 Å². The summed E-state index contributed by atoms with van der Waals surface area (Å²) in [4.78, 5) is 23.1. The molecule has 1 N–H and O–H groups in total. The highest BCUT2D eigenvalue weighted by Crippen LogP contribution is 2.29. The molecule has 1 aromatic heterocycles. The van der Waals surface area contributed by atoms with Crippen LogP contribution in [0.3, 0.4) is 0 Å². The van der Waals surface area contributed by atoms with Crippen LogP contribution >= 0.6 is 0 Å². The van der Waals surface area contributed by atoms with Crippen LogP contribution in [0.15, 0.2) is 12.1 Å².